The average Bonchev–Trinajstić information content (AvgIpc) is 2.89. The molecule has 106 valence electrons. The molecule has 0 saturated heterocycles. The molecule has 21 heavy (non-hydrogen) atoms. The van der Waals surface area contributed by atoms with Gasteiger partial charge in [-0.2, -0.15) is 0 Å². The van der Waals surface area contributed by atoms with Crippen molar-refractivity contribution in [3.05, 3.63) is 58.7 Å². The summed E-state index contributed by atoms with van der Waals surface area (Å²) in [4.78, 5) is 4.27. The number of aromatic nitrogens is 3. The van der Waals surface area contributed by atoms with Crippen molar-refractivity contribution in [2.45, 2.75) is 6.67 Å². The summed E-state index contributed by atoms with van der Waals surface area (Å²) >= 11 is 11.0. The van der Waals surface area contributed by atoms with E-state index in [0.717, 1.165) is 11.3 Å². The van der Waals surface area contributed by atoms with Gasteiger partial charge in [-0.15, -0.1) is 5.10 Å². The van der Waals surface area contributed by atoms with Crippen molar-refractivity contribution in [3.63, 3.8) is 0 Å². The van der Waals surface area contributed by atoms with Crippen LogP contribution < -0.4 is 5.32 Å². The minimum absolute atomic E-state index is 0.309. The predicted molar refractivity (Wildman–Crippen MR) is 83.6 cm³/mol. The van der Waals surface area contributed by atoms with Crippen molar-refractivity contribution >= 4 is 29.5 Å². The van der Waals surface area contributed by atoms with Gasteiger partial charge in [0.2, 0.25) is 5.89 Å². The molecule has 0 amide bonds. The van der Waals surface area contributed by atoms with Crippen molar-refractivity contribution in [2.24, 2.45) is 0 Å². The third-order valence-electron chi connectivity index (χ3n) is 2.81. The number of benzene rings is 1. The number of nitrogens with one attached hydrogen (secondary N) is 1. The first-order chi connectivity index (χ1) is 10.2. The highest BCUT2D eigenvalue weighted by Crippen LogP contribution is 2.17. The Kier molecular flexibility index (Phi) is 3.98. The fourth-order valence-electron chi connectivity index (χ4n) is 1.75. The van der Waals surface area contributed by atoms with Crippen LogP contribution in [-0.2, 0) is 6.67 Å². The zero-order chi connectivity index (χ0) is 14.7. The quantitative estimate of drug-likeness (QED) is 0.737. The molecule has 0 atom stereocenters. The molecule has 3 rings (SSSR count). The van der Waals surface area contributed by atoms with Gasteiger partial charge in [0, 0.05) is 28.7 Å². The molecule has 1 aromatic carbocycles. The second kappa shape index (κ2) is 6.07. The summed E-state index contributed by atoms with van der Waals surface area (Å²) in [5.41, 5.74) is 1.76. The number of hydrogen-bond acceptors (Lipinski definition) is 5. The molecular formula is C14H11ClN4OS. The molecule has 0 saturated carbocycles. The van der Waals surface area contributed by atoms with Crippen molar-refractivity contribution in [1.82, 2.24) is 14.8 Å². The van der Waals surface area contributed by atoms with Gasteiger partial charge in [0.05, 0.1) is 0 Å². The van der Waals surface area contributed by atoms with E-state index in [-0.39, 0.29) is 0 Å². The Hall–Kier alpha value is -2.18. The van der Waals surface area contributed by atoms with Crippen molar-refractivity contribution < 1.29 is 4.42 Å². The van der Waals surface area contributed by atoms with Crippen LogP contribution in [0.4, 0.5) is 5.69 Å². The second-order valence-electron chi connectivity index (χ2n) is 4.25. The lowest BCUT2D eigenvalue weighted by atomic mass is 10.3. The molecule has 7 heteroatoms. The standard InChI is InChI=1S/C14H11ClN4OS/c15-11-1-3-12(4-2-11)17-9-19-14(21)20-13(18-19)10-5-7-16-8-6-10/h1-8,17H,9H2. The van der Waals surface area contributed by atoms with Gasteiger partial charge in [0.25, 0.3) is 4.84 Å². The molecule has 5 nitrogen and oxygen atoms in total. The lowest BCUT2D eigenvalue weighted by Gasteiger charge is -2.05. The Labute approximate surface area is 131 Å². The number of halogens is 1. The van der Waals surface area contributed by atoms with Gasteiger partial charge < -0.3 is 9.73 Å². The normalized spacial score (nSPS) is 10.5. The maximum absolute atomic E-state index is 5.84. The molecule has 0 aliphatic carbocycles. The molecule has 1 N–H and O–H groups in total. The van der Waals surface area contributed by atoms with Gasteiger partial charge in [-0.05, 0) is 48.6 Å². The van der Waals surface area contributed by atoms with E-state index < -0.39 is 0 Å². The number of anilines is 1. The van der Waals surface area contributed by atoms with Gasteiger partial charge >= 0.3 is 0 Å². The summed E-state index contributed by atoms with van der Waals surface area (Å²) in [7, 11) is 0. The van der Waals surface area contributed by atoms with Crippen LogP contribution in [0.1, 0.15) is 0 Å². The second-order valence-corrected chi connectivity index (χ2v) is 5.04. The molecule has 0 radical (unpaired) electrons. The highest BCUT2D eigenvalue weighted by Gasteiger charge is 2.07. The fraction of sp³-hybridized carbons (Fsp3) is 0.0714. The van der Waals surface area contributed by atoms with Crippen LogP contribution in [0.2, 0.25) is 5.02 Å². The molecule has 0 aliphatic rings. The van der Waals surface area contributed by atoms with E-state index in [1.807, 2.05) is 36.4 Å². The minimum atomic E-state index is 0.309. The van der Waals surface area contributed by atoms with Crippen molar-refractivity contribution in [2.75, 3.05) is 5.32 Å². The van der Waals surface area contributed by atoms with Crippen LogP contribution in [0.25, 0.3) is 11.5 Å². The van der Waals surface area contributed by atoms with E-state index in [1.54, 1.807) is 17.1 Å². The van der Waals surface area contributed by atoms with E-state index in [1.165, 1.54) is 0 Å². The number of rotatable bonds is 4. The average molecular weight is 319 g/mol. The molecule has 0 fully saturated rings. The highest BCUT2D eigenvalue weighted by molar-refractivity contribution is 7.71. The summed E-state index contributed by atoms with van der Waals surface area (Å²) < 4.78 is 7.07. The van der Waals surface area contributed by atoms with Gasteiger partial charge in [-0.3, -0.25) is 4.98 Å². The smallest absolute Gasteiger partial charge is 0.289 e. The van der Waals surface area contributed by atoms with E-state index in [9.17, 15) is 0 Å². The zero-order valence-electron chi connectivity index (χ0n) is 10.9. The maximum Gasteiger partial charge on any atom is 0.289 e. The van der Waals surface area contributed by atoms with Crippen LogP contribution >= 0.6 is 23.8 Å². The Morgan fingerprint density at radius 1 is 1.14 bits per heavy atom. The first-order valence-electron chi connectivity index (χ1n) is 6.20. The van der Waals surface area contributed by atoms with Gasteiger partial charge in [0.1, 0.15) is 6.67 Å². The van der Waals surface area contributed by atoms with E-state index in [2.05, 4.69) is 15.4 Å². The summed E-state index contributed by atoms with van der Waals surface area (Å²) in [6.45, 7) is 0.412. The van der Waals surface area contributed by atoms with Crippen LogP contribution in [0.3, 0.4) is 0 Å². The third-order valence-corrected chi connectivity index (χ3v) is 3.36. The number of nitrogens with zero attached hydrogens (tertiary/aromatic N) is 3. The van der Waals surface area contributed by atoms with Crippen LogP contribution in [-0.4, -0.2) is 14.8 Å². The van der Waals surface area contributed by atoms with Crippen molar-refractivity contribution in [1.29, 1.82) is 0 Å². The lowest BCUT2D eigenvalue weighted by molar-refractivity contribution is 0.522. The van der Waals surface area contributed by atoms with Crippen LogP contribution in [0, 0.1) is 4.84 Å². The SMILES string of the molecule is S=c1oc(-c2ccncc2)nn1CNc1ccc(Cl)cc1. The topological polar surface area (TPSA) is 55.9 Å². The van der Waals surface area contributed by atoms with E-state index >= 15 is 0 Å². The third kappa shape index (κ3) is 3.29. The minimum Gasteiger partial charge on any atom is -0.409 e. The Morgan fingerprint density at radius 2 is 1.86 bits per heavy atom. The Bertz CT molecular complexity index is 783. The molecule has 2 aromatic heterocycles. The number of pyridine rings is 1. The first-order valence-corrected chi connectivity index (χ1v) is 6.99. The van der Waals surface area contributed by atoms with E-state index in [4.69, 9.17) is 28.2 Å². The van der Waals surface area contributed by atoms with Crippen LogP contribution in [0.15, 0.2) is 53.2 Å². The molecular weight excluding hydrogens is 308 g/mol. The fourth-order valence-corrected chi connectivity index (χ4v) is 2.06. The van der Waals surface area contributed by atoms with Crippen LogP contribution in [0.5, 0.6) is 0 Å². The summed E-state index contributed by atoms with van der Waals surface area (Å²) in [6.07, 6.45) is 3.36. The summed E-state index contributed by atoms with van der Waals surface area (Å²) in [6, 6.07) is 11.0. The molecule has 2 heterocycles. The van der Waals surface area contributed by atoms with Gasteiger partial charge in [0.15, 0.2) is 0 Å². The van der Waals surface area contributed by atoms with E-state index in [0.29, 0.717) is 22.4 Å². The first kappa shape index (κ1) is 13.8. The van der Waals surface area contributed by atoms with Crippen molar-refractivity contribution in [3.8, 4) is 11.5 Å². The molecule has 0 aliphatic heterocycles. The Morgan fingerprint density at radius 3 is 2.57 bits per heavy atom. The van der Waals surface area contributed by atoms with Gasteiger partial charge in [-0.25, -0.2) is 4.68 Å². The maximum atomic E-state index is 5.84. The largest absolute Gasteiger partial charge is 0.409 e. The number of hydrogen-bond donors (Lipinski definition) is 1. The zero-order valence-corrected chi connectivity index (χ0v) is 12.4. The molecule has 0 bridgehead atoms. The Balaban J connectivity index is 1.76. The molecule has 0 spiro atoms. The lowest BCUT2D eigenvalue weighted by Crippen LogP contribution is -2.09. The predicted octanol–water partition coefficient (Wildman–Crippen LogP) is 3.99. The summed E-state index contributed by atoms with van der Waals surface area (Å²) in [5, 5.41) is 8.23. The monoisotopic (exact) mass is 318 g/mol. The molecule has 3 aromatic rings. The summed E-state index contributed by atoms with van der Waals surface area (Å²) in [5.74, 6) is 0.473. The van der Waals surface area contributed by atoms with Gasteiger partial charge in [-0.1, -0.05) is 11.6 Å². The molecule has 0 unspecified atom stereocenters. The highest BCUT2D eigenvalue weighted by atomic mass is 35.5.